The summed E-state index contributed by atoms with van der Waals surface area (Å²) in [4.78, 5) is 2.17. The lowest BCUT2D eigenvalue weighted by molar-refractivity contribution is 0.550. The summed E-state index contributed by atoms with van der Waals surface area (Å²) < 4.78 is 0. The summed E-state index contributed by atoms with van der Waals surface area (Å²) in [6.45, 7) is 10.4. The minimum absolute atomic E-state index is 0.241. The monoisotopic (exact) mass is 381 g/mol. The van der Waals surface area contributed by atoms with Crippen molar-refractivity contribution in [3.8, 4) is 11.1 Å². The predicted octanol–water partition coefficient (Wildman–Crippen LogP) is 7.56. The maximum absolute atomic E-state index is 4.27. The Labute approximate surface area is 175 Å². The number of hydrogen-bond donors (Lipinski definition) is 0. The Bertz CT molecular complexity index is 999. The van der Waals surface area contributed by atoms with E-state index < -0.39 is 0 Å². The Morgan fingerprint density at radius 2 is 1.72 bits per heavy atom. The maximum Gasteiger partial charge on any atom is 0.0414 e. The zero-order valence-electron chi connectivity index (χ0n) is 17.7. The van der Waals surface area contributed by atoms with Crippen molar-refractivity contribution in [3.05, 3.63) is 102 Å². The van der Waals surface area contributed by atoms with Crippen molar-refractivity contribution < 1.29 is 0 Å². The molecule has 1 nitrogen and oxygen atoms in total. The molecule has 0 aromatic heterocycles. The van der Waals surface area contributed by atoms with Crippen LogP contribution in [-0.4, -0.2) is 7.05 Å². The minimum Gasteiger partial charge on any atom is -0.345 e. The molecular weight excluding hydrogens is 350 g/mol. The fraction of sp³-hybridized carbons (Fsp3) is 0.286. The lowest BCUT2D eigenvalue weighted by Crippen LogP contribution is -2.20. The molecule has 1 heteroatoms. The second kappa shape index (κ2) is 7.91. The third kappa shape index (κ3) is 3.40. The number of hydrogen-bond acceptors (Lipinski definition) is 1. The van der Waals surface area contributed by atoms with E-state index in [9.17, 15) is 0 Å². The Hall–Kier alpha value is -2.80. The van der Waals surface area contributed by atoms with Gasteiger partial charge in [0.25, 0.3) is 0 Å². The van der Waals surface area contributed by atoms with E-state index in [-0.39, 0.29) is 5.41 Å². The quantitative estimate of drug-likeness (QED) is 0.369. The number of allylic oxidation sites excluding steroid dienone is 5. The van der Waals surface area contributed by atoms with Gasteiger partial charge in [0.2, 0.25) is 0 Å². The molecule has 0 N–H and O–H groups in total. The molecule has 1 saturated carbocycles. The summed E-state index contributed by atoms with van der Waals surface area (Å²) in [5.74, 6) is 0. The molecular formula is C28H31N. The van der Waals surface area contributed by atoms with Crippen molar-refractivity contribution in [2.24, 2.45) is 0 Å². The number of rotatable bonds is 6. The van der Waals surface area contributed by atoms with E-state index in [0.717, 1.165) is 17.7 Å². The third-order valence-corrected chi connectivity index (χ3v) is 6.65. The molecule has 2 aromatic carbocycles. The molecule has 1 fully saturated rings. The zero-order chi connectivity index (χ0) is 20.4. The fourth-order valence-corrected chi connectivity index (χ4v) is 5.01. The molecule has 148 valence electrons. The van der Waals surface area contributed by atoms with Gasteiger partial charge in [0, 0.05) is 23.8 Å². The second-order valence-electron chi connectivity index (χ2n) is 8.38. The first-order valence-corrected chi connectivity index (χ1v) is 10.7. The smallest absolute Gasteiger partial charge is 0.0414 e. The van der Waals surface area contributed by atoms with Crippen LogP contribution in [-0.2, 0) is 5.41 Å². The van der Waals surface area contributed by atoms with Crippen LogP contribution in [0.15, 0.2) is 91.2 Å². The van der Waals surface area contributed by atoms with Gasteiger partial charge in [-0.15, -0.1) is 0 Å². The van der Waals surface area contributed by atoms with Crippen LogP contribution in [0.4, 0.5) is 5.69 Å². The average molecular weight is 382 g/mol. The first-order valence-electron chi connectivity index (χ1n) is 10.7. The molecule has 0 unspecified atom stereocenters. The van der Waals surface area contributed by atoms with Crippen molar-refractivity contribution in [2.75, 3.05) is 11.9 Å². The molecule has 2 aliphatic carbocycles. The van der Waals surface area contributed by atoms with Crippen LogP contribution in [0.5, 0.6) is 0 Å². The highest BCUT2D eigenvalue weighted by Crippen LogP contribution is 2.57. The first-order chi connectivity index (χ1) is 14.1. The van der Waals surface area contributed by atoms with Crippen molar-refractivity contribution in [3.63, 3.8) is 0 Å². The Morgan fingerprint density at radius 1 is 1.00 bits per heavy atom. The zero-order valence-corrected chi connectivity index (χ0v) is 17.7. The van der Waals surface area contributed by atoms with Gasteiger partial charge in [-0.05, 0) is 66.6 Å². The average Bonchev–Trinajstić information content (AvgIpc) is 3.35. The van der Waals surface area contributed by atoms with Crippen LogP contribution in [0.2, 0.25) is 0 Å². The lowest BCUT2D eigenvalue weighted by Gasteiger charge is -2.27. The maximum atomic E-state index is 4.27. The molecule has 2 aromatic rings. The largest absolute Gasteiger partial charge is 0.345 e. The SMILES string of the molecule is C=C(/C=C\C(=C)N(C)c1ccc2c(c1)-c1ccccc1C21CCCC1)C/C=C\C. The summed E-state index contributed by atoms with van der Waals surface area (Å²) in [6, 6.07) is 16.0. The second-order valence-corrected chi connectivity index (χ2v) is 8.38. The van der Waals surface area contributed by atoms with Crippen molar-refractivity contribution in [1.29, 1.82) is 0 Å². The molecule has 0 amide bonds. The number of fused-ring (bicyclic) bond motifs is 5. The van der Waals surface area contributed by atoms with Gasteiger partial charge in [-0.2, -0.15) is 0 Å². The third-order valence-electron chi connectivity index (χ3n) is 6.65. The molecule has 4 rings (SSSR count). The molecule has 0 aliphatic heterocycles. The molecule has 0 saturated heterocycles. The highest BCUT2D eigenvalue weighted by Gasteiger charge is 2.44. The molecule has 0 atom stereocenters. The van der Waals surface area contributed by atoms with Gasteiger partial charge in [0.15, 0.2) is 0 Å². The van der Waals surface area contributed by atoms with Gasteiger partial charge >= 0.3 is 0 Å². The lowest BCUT2D eigenvalue weighted by atomic mass is 9.77. The number of likely N-dealkylation sites (N-methyl/N-ethyl adjacent to an activating group) is 1. The van der Waals surface area contributed by atoms with Crippen LogP contribution < -0.4 is 4.90 Å². The van der Waals surface area contributed by atoms with Crippen molar-refractivity contribution in [1.82, 2.24) is 0 Å². The van der Waals surface area contributed by atoms with Crippen LogP contribution in [0, 0.1) is 0 Å². The summed E-state index contributed by atoms with van der Waals surface area (Å²) in [5.41, 5.74) is 9.35. The molecule has 29 heavy (non-hydrogen) atoms. The first kappa shape index (κ1) is 19.5. The van der Waals surface area contributed by atoms with E-state index in [4.69, 9.17) is 0 Å². The summed E-state index contributed by atoms with van der Waals surface area (Å²) in [7, 11) is 2.09. The topological polar surface area (TPSA) is 3.24 Å². The fourth-order valence-electron chi connectivity index (χ4n) is 5.01. The Morgan fingerprint density at radius 3 is 2.48 bits per heavy atom. The summed E-state index contributed by atoms with van der Waals surface area (Å²) in [6.07, 6.45) is 14.4. The van der Waals surface area contributed by atoms with E-state index in [0.29, 0.717) is 0 Å². The van der Waals surface area contributed by atoms with Crippen LogP contribution >= 0.6 is 0 Å². The molecule has 2 aliphatic rings. The van der Waals surface area contributed by atoms with Gasteiger partial charge in [-0.25, -0.2) is 0 Å². The molecule has 1 spiro atoms. The number of nitrogens with zero attached hydrogens (tertiary/aromatic N) is 1. The summed E-state index contributed by atoms with van der Waals surface area (Å²) in [5, 5.41) is 0. The summed E-state index contributed by atoms with van der Waals surface area (Å²) >= 11 is 0. The normalized spacial score (nSPS) is 16.5. The number of anilines is 1. The van der Waals surface area contributed by atoms with Gasteiger partial charge in [0.05, 0.1) is 0 Å². The van der Waals surface area contributed by atoms with Crippen LogP contribution in [0.25, 0.3) is 11.1 Å². The van der Waals surface area contributed by atoms with Gasteiger partial charge in [-0.3, -0.25) is 0 Å². The van der Waals surface area contributed by atoms with Gasteiger partial charge in [0.1, 0.15) is 0 Å². The predicted molar refractivity (Wildman–Crippen MR) is 126 cm³/mol. The molecule has 0 bridgehead atoms. The van der Waals surface area contributed by atoms with E-state index in [1.54, 1.807) is 0 Å². The van der Waals surface area contributed by atoms with Crippen molar-refractivity contribution >= 4 is 5.69 Å². The Balaban J connectivity index is 1.63. The van der Waals surface area contributed by atoms with Crippen LogP contribution in [0.1, 0.15) is 50.2 Å². The standard InChI is InChI=1S/C28H31N/c1-5-6-11-21(2)14-15-22(3)29(4)23-16-17-27-25(20-23)24-12-7-8-13-26(24)28(27)18-9-10-19-28/h5-8,12-17,20H,2-3,9-11,18-19H2,1,4H3/b6-5-,15-14-. The van der Waals surface area contributed by atoms with Gasteiger partial charge < -0.3 is 4.90 Å². The Kier molecular flexibility index (Phi) is 5.32. The van der Waals surface area contributed by atoms with Crippen LogP contribution in [0.3, 0.4) is 0 Å². The highest BCUT2D eigenvalue weighted by molar-refractivity contribution is 5.84. The number of benzene rings is 2. The van der Waals surface area contributed by atoms with E-state index in [1.807, 2.05) is 6.92 Å². The highest BCUT2D eigenvalue weighted by atomic mass is 15.1. The molecule has 0 heterocycles. The van der Waals surface area contributed by atoms with E-state index in [1.165, 1.54) is 53.6 Å². The minimum atomic E-state index is 0.241. The van der Waals surface area contributed by atoms with Gasteiger partial charge in [-0.1, -0.05) is 80.1 Å². The van der Waals surface area contributed by atoms with Crippen molar-refractivity contribution in [2.45, 2.75) is 44.4 Å². The van der Waals surface area contributed by atoms with E-state index in [2.05, 4.69) is 91.9 Å². The molecule has 0 radical (unpaired) electrons. The van der Waals surface area contributed by atoms with E-state index >= 15 is 0 Å².